The van der Waals surface area contributed by atoms with Crippen LogP contribution < -0.4 is 11.2 Å². The van der Waals surface area contributed by atoms with Crippen molar-refractivity contribution in [2.75, 3.05) is 11.6 Å². The van der Waals surface area contributed by atoms with Crippen molar-refractivity contribution in [2.24, 2.45) is 0 Å². The van der Waals surface area contributed by atoms with Crippen molar-refractivity contribution in [1.29, 1.82) is 0 Å². The van der Waals surface area contributed by atoms with Crippen molar-refractivity contribution in [3.63, 3.8) is 0 Å². The van der Waals surface area contributed by atoms with Gasteiger partial charge >= 0.3 is 0 Å². The van der Waals surface area contributed by atoms with Crippen molar-refractivity contribution in [3.05, 3.63) is 40.1 Å². The molecule has 2 rings (SSSR count). The maximum absolute atomic E-state index is 11.9. The van der Waals surface area contributed by atoms with E-state index in [9.17, 15) is 4.79 Å². The molecule has 21 heavy (non-hydrogen) atoms. The van der Waals surface area contributed by atoms with Crippen LogP contribution in [0.15, 0.2) is 29.7 Å². The third kappa shape index (κ3) is 4.26. The molecule has 1 amide bonds. The van der Waals surface area contributed by atoms with Crippen molar-refractivity contribution in [3.8, 4) is 0 Å². The molecule has 0 aliphatic carbocycles. The number of amides is 1. The summed E-state index contributed by atoms with van der Waals surface area (Å²) in [7, 11) is 0. The summed E-state index contributed by atoms with van der Waals surface area (Å²) in [5, 5.41) is 11.8. The number of nitrogens with zero attached hydrogens (tertiary/aromatic N) is 3. The van der Waals surface area contributed by atoms with Crippen LogP contribution in [0.5, 0.6) is 0 Å². The van der Waals surface area contributed by atoms with E-state index in [-0.39, 0.29) is 17.7 Å². The number of rotatable bonds is 5. The molecule has 0 saturated heterocycles. The number of halogens is 2. The van der Waals surface area contributed by atoms with E-state index in [2.05, 4.69) is 15.5 Å². The van der Waals surface area contributed by atoms with Crippen LogP contribution in [0.3, 0.4) is 0 Å². The van der Waals surface area contributed by atoms with E-state index in [1.165, 1.54) is 22.8 Å². The van der Waals surface area contributed by atoms with Crippen molar-refractivity contribution in [2.45, 2.75) is 18.1 Å². The molecular weight excluding hydrogens is 333 g/mol. The minimum Gasteiger partial charge on any atom is -0.349 e. The zero-order valence-electron chi connectivity index (χ0n) is 11.1. The lowest BCUT2D eigenvalue weighted by atomic mass is 10.1. The quantitative estimate of drug-likeness (QED) is 0.641. The zero-order chi connectivity index (χ0) is 15.4. The molecule has 1 heterocycles. The molecule has 2 aromatic rings. The van der Waals surface area contributed by atoms with E-state index in [0.717, 1.165) is 5.56 Å². The fraction of sp³-hybridized carbons (Fsp3) is 0.250. The lowest BCUT2D eigenvalue weighted by Gasteiger charge is -2.15. The average Bonchev–Trinajstić information content (AvgIpc) is 2.81. The largest absolute Gasteiger partial charge is 0.349 e. The van der Waals surface area contributed by atoms with Crippen LogP contribution in [0.1, 0.15) is 18.5 Å². The van der Waals surface area contributed by atoms with Gasteiger partial charge in [-0.05, 0) is 24.6 Å². The molecule has 1 aromatic carbocycles. The highest BCUT2D eigenvalue weighted by Gasteiger charge is 2.14. The molecule has 1 atom stereocenters. The topological polar surface area (TPSA) is 85.8 Å². The molecular formula is C12H13Cl2N5OS. The van der Waals surface area contributed by atoms with Gasteiger partial charge in [-0.15, -0.1) is 10.2 Å². The van der Waals surface area contributed by atoms with Gasteiger partial charge in [0, 0.05) is 10.0 Å². The van der Waals surface area contributed by atoms with Crippen LogP contribution in [0.25, 0.3) is 0 Å². The molecule has 0 bridgehead atoms. The molecule has 6 nitrogen and oxygen atoms in total. The van der Waals surface area contributed by atoms with Gasteiger partial charge in [-0.25, -0.2) is 4.68 Å². The first-order valence-corrected chi connectivity index (χ1v) is 7.73. The first-order valence-electron chi connectivity index (χ1n) is 5.99. The van der Waals surface area contributed by atoms with Gasteiger partial charge in [-0.1, -0.05) is 41.0 Å². The Kier molecular flexibility index (Phi) is 5.33. The highest BCUT2D eigenvalue weighted by Crippen LogP contribution is 2.26. The monoisotopic (exact) mass is 345 g/mol. The van der Waals surface area contributed by atoms with Crippen LogP contribution in [0, 0.1) is 0 Å². The van der Waals surface area contributed by atoms with Gasteiger partial charge < -0.3 is 11.2 Å². The number of hydrogen-bond donors (Lipinski definition) is 2. The number of thioether (sulfide) groups is 1. The molecule has 0 fully saturated rings. The Labute approximate surface area is 136 Å². The van der Waals surface area contributed by atoms with E-state index in [4.69, 9.17) is 29.0 Å². The number of hydrogen-bond acceptors (Lipinski definition) is 5. The number of carbonyl (C=O) groups excluding carboxylic acids is 1. The van der Waals surface area contributed by atoms with Crippen molar-refractivity contribution in [1.82, 2.24) is 20.2 Å². The maximum atomic E-state index is 11.9. The Hall–Kier alpha value is -1.44. The van der Waals surface area contributed by atoms with Crippen LogP contribution >= 0.6 is 35.0 Å². The van der Waals surface area contributed by atoms with Gasteiger partial charge in [0.05, 0.1) is 11.8 Å². The Balaban J connectivity index is 1.91. The molecule has 0 saturated carbocycles. The van der Waals surface area contributed by atoms with Crippen LogP contribution in [-0.4, -0.2) is 26.5 Å². The van der Waals surface area contributed by atoms with Crippen LogP contribution in [0.4, 0.5) is 0 Å². The van der Waals surface area contributed by atoms with E-state index < -0.39 is 0 Å². The smallest absolute Gasteiger partial charge is 0.230 e. The fourth-order valence-corrected chi connectivity index (χ4v) is 2.90. The predicted octanol–water partition coefficient (Wildman–Crippen LogP) is 2.27. The second-order valence-corrected chi connectivity index (χ2v) is 6.05. The van der Waals surface area contributed by atoms with Gasteiger partial charge in [0.2, 0.25) is 11.1 Å². The fourth-order valence-electron chi connectivity index (χ4n) is 1.68. The van der Waals surface area contributed by atoms with Gasteiger partial charge in [0.1, 0.15) is 6.33 Å². The summed E-state index contributed by atoms with van der Waals surface area (Å²) in [5.74, 6) is 5.60. The second-order valence-electron chi connectivity index (χ2n) is 4.26. The number of benzene rings is 1. The number of nitrogens with two attached hydrogens (primary N) is 1. The Morgan fingerprint density at radius 1 is 1.52 bits per heavy atom. The third-order valence-corrected chi connectivity index (χ3v) is 4.20. The van der Waals surface area contributed by atoms with Crippen LogP contribution in [0.2, 0.25) is 10.0 Å². The summed E-state index contributed by atoms with van der Waals surface area (Å²) in [6.07, 6.45) is 1.37. The van der Waals surface area contributed by atoms with Crippen molar-refractivity contribution < 1.29 is 4.79 Å². The number of nitrogens with one attached hydrogen (secondary N) is 1. The first-order chi connectivity index (χ1) is 9.97. The number of nitrogen functional groups attached to an aromatic ring is 1. The standard InChI is InChI=1S/C12H13Cl2N5OS/c1-7(9-3-2-8(13)4-10(9)14)17-11(20)5-21-12-18-16-6-19(12)15/h2-4,6-7H,5,15H2,1H3,(H,17,20)/t7-/m0/s1. The molecule has 1 aromatic heterocycles. The van der Waals surface area contributed by atoms with Gasteiger partial charge in [-0.3, -0.25) is 4.79 Å². The molecule has 0 spiro atoms. The van der Waals surface area contributed by atoms with Gasteiger partial charge in [0.15, 0.2) is 0 Å². The normalized spacial score (nSPS) is 12.1. The minimum atomic E-state index is -0.224. The molecule has 3 N–H and O–H groups in total. The predicted molar refractivity (Wildman–Crippen MR) is 83.9 cm³/mol. The maximum Gasteiger partial charge on any atom is 0.230 e. The van der Waals surface area contributed by atoms with E-state index >= 15 is 0 Å². The molecule has 112 valence electrons. The Morgan fingerprint density at radius 2 is 2.29 bits per heavy atom. The molecule has 9 heteroatoms. The minimum absolute atomic E-state index is 0.151. The van der Waals surface area contributed by atoms with Crippen LogP contribution in [-0.2, 0) is 4.79 Å². The molecule has 0 unspecified atom stereocenters. The second kappa shape index (κ2) is 7.02. The highest BCUT2D eigenvalue weighted by atomic mass is 35.5. The van der Waals surface area contributed by atoms with Gasteiger partial charge in [0.25, 0.3) is 0 Å². The summed E-state index contributed by atoms with van der Waals surface area (Å²) in [6.45, 7) is 1.85. The summed E-state index contributed by atoms with van der Waals surface area (Å²) in [6, 6.07) is 4.95. The molecule has 0 aliphatic rings. The Morgan fingerprint density at radius 3 is 2.90 bits per heavy atom. The third-order valence-electron chi connectivity index (χ3n) is 2.68. The lowest BCUT2D eigenvalue weighted by molar-refractivity contribution is -0.119. The average molecular weight is 346 g/mol. The van der Waals surface area contributed by atoms with E-state index in [1.807, 2.05) is 6.92 Å². The Bertz CT molecular complexity index is 648. The highest BCUT2D eigenvalue weighted by molar-refractivity contribution is 7.99. The van der Waals surface area contributed by atoms with E-state index in [1.54, 1.807) is 18.2 Å². The van der Waals surface area contributed by atoms with Crippen molar-refractivity contribution >= 4 is 40.9 Å². The SMILES string of the molecule is C[C@H](NC(=O)CSc1nncn1N)c1ccc(Cl)cc1Cl. The summed E-state index contributed by atoms with van der Waals surface area (Å²) >= 11 is 13.2. The zero-order valence-corrected chi connectivity index (χ0v) is 13.4. The summed E-state index contributed by atoms with van der Waals surface area (Å²) in [5.41, 5.74) is 0.807. The summed E-state index contributed by atoms with van der Waals surface area (Å²) in [4.78, 5) is 11.9. The van der Waals surface area contributed by atoms with E-state index in [0.29, 0.717) is 15.2 Å². The lowest BCUT2D eigenvalue weighted by Crippen LogP contribution is -2.28. The number of carbonyl (C=O) groups is 1. The molecule has 0 radical (unpaired) electrons. The van der Waals surface area contributed by atoms with Gasteiger partial charge in [-0.2, -0.15) is 0 Å². The summed E-state index contributed by atoms with van der Waals surface area (Å²) < 4.78 is 1.26. The number of aromatic nitrogens is 3. The first kappa shape index (κ1) is 15.9. The molecule has 0 aliphatic heterocycles.